The standard InChI is InChI=1S/C11H20N3/c1-3-4-8-13-10(2)11-7-5-6-9-14(11)12-13/h3-9H2,1-2H3/q+1. The van der Waals surface area contributed by atoms with E-state index in [1.807, 2.05) is 0 Å². The number of unbranched alkanes of at least 4 members (excludes halogenated alkanes) is 1. The van der Waals surface area contributed by atoms with E-state index in [-0.39, 0.29) is 0 Å². The number of hydrogen-bond donors (Lipinski definition) is 0. The Bertz CT molecular complexity index is 315. The highest BCUT2D eigenvalue weighted by molar-refractivity contribution is 5.03. The van der Waals surface area contributed by atoms with Gasteiger partial charge in [-0.05, 0) is 19.3 Å². The summed E-state index contributed by atoms with van der Waals surface area (Å²) in [6, 6.07) is 0. The van der Waals surface area contributed by atoms with Crippen LogP contribution in [0.4, 0.5) is 0 Å². The SMILES string of the molecule is CCCCn1n[n+]2c(c1C)CCCC2. The van der Waals surface area contributed by atoms with Gasteiger partial charge >= 0.3 is 0 Å². The van der Waals surface area contributed by atoms with Crippen LogP contribution in [0.25, 0.3) is 0 Å². The van der Waals surface area contributed by atoms with Crippen LogP contribution in [0.15, 0.2) is 0 Å². The van der Waals surface area contributed by atoms with E-state index in [1.165, 1.54) is 43.5 Å². The minimum absolute atomic E-state index is 1.09. The number of aromatic nitrogens is 3. The Kier molecular flexibility index (Phi) is 2.85. The second kappa shape index (κ2) is 4.11. The first-order chi connectivity index (χ1) is 6.83. The molecule has 2 rings (SSSR count). The Balaban J connectivity index is 2.20. The van der Waals surface area contributed by atoms with Crippen molar-refractivity contribution in [2.45, 2.75) is 59.0 Å². The zero-order chi connectivity index (χ0) is 9.97. The number of fused-ring (bicyclic) bond motifs is 1. The van der Waals surface area contributed by atoms with Gasteiger partial charge in [-0.25, -0.2) is 0 Å². The summed E-state index contributed by atoms with van der Waals surface area (Å²) in [5.74, 6) is 0. The topological polar surface area (TPSA) is 21.7 Å². The molecule has 0 spiro atoms. The molecule has 0 saturated carbocycles. The van der Waals surface area contributed by atoms with Gasteiger partial charge in [-0.15, -0.1) is 9.36 Å². The first kappa shape index (κ1) is 9.69. The quantitative estimate of drug-likeness (QED) is 0.670. The zero-order valence-corrected chi connectivity index (χ0v) is 9.29. The van der Waals surface area contributed by atoms with E-state index in [0.29, 0.717) is 0 Å². The van der Waals surface area contributed by atoms with Crippen molar-refractivity contribution >= 4 is 0 Å². The number of rotatable bonds is 3. The van der Waals surface area contributed by atoms with Crippen molar-refractivity contribution in [1.82, 2.24) is 9.90 Å². The normalized spacial score (nSPS) is 15.6. The third kappa shape index (κ3) is 1.68. The summed E-state index contributed by atoms with van der Waals surface area (Å²) < 4.78 is 4.39. The van der Waals surface area contributed by atoms with Crippen molar-refractivity contribution in [2.75, 3.05) is 0 Å². The van der Waals surface area contributed by atoms with Gasteiger partial charge in [-0.2, -0.15) is 0 Å². The molecule has 0 saturated heterocycles. The lowest BCUT2D eigenvalue weighted by Gasteiger charge is -2.04. The molecule has 0 amide bonds. The van der Waals surface area contributed by atoms with E-state index in [1.54, 1.807) is 0 Å². The molecule has 0 atom stereocenters. The highest BCUT2D eigenvalue weighted by Gasteiger charge is 2.23. The van der Waals surface area contributed by atoms with Crippen molar-refractivity contribution in [2.24, 2.45) is 0 Å². The second-order valence-corrected chi connectivity index (χ2v) is 4.18. The summed E-state index contributed by atoms with van der Waals surface area (Å²) >= 11 is 0. The van der Waals surface area contributed by atoms with Crippen LogP contribution in [-0.2, 0) is 19.5 Å². The molecule has 78 valence electrons. The molecule has 1 aliphatic heterocycles. The Hall–Kier alpha value is -0.860. The fourth-order valence-electron chi connectivity index (χ4n) is 2.15. The molecule has 14 heavy (non-hydrogen) atoms. The fourth-order valence-corrected chi connectivity index (χ4v) is 2.15. The number of aryl methyl sites for hydroxylation is 2. The minimum Gasteiger partial charge on any atom is -0.134 e. The van der Waals surface area contributed by atoms with Crippen LogP contribution in [0.1, 0.15) is 44.0 Å². The summed E-state index contributed by atoms with van der Waals surface area (Å²) in [6.45, 7) is 6.64. The highest BCUT2D eigenvalue weighted by atomic mass is 15.5. The molecule has 3 heteroatoms. The molecule has 0 unspecified atom stereocenters. The van der Waals surface area contributed by atoms with Gasteiger partial charge in [0.1, 0.15) is 13.1 Å². The third-order valence-electron chi connectivity index (χ3n) is 3.09. The largest absolute Gasteiger partial charge is 0.170 e. The van der Waals surface area contributed by atoms with Crippen molar-refractivity contribution in [3.63, 3.8) is 0 Å². The third-order valence-corrected chi connectivity index (χ3v) is 3.09. The van der Waals surface area contributed by atoms with Crippen LogP contribution in [0.5, 0.6) is 0 Å². The maximum atomic E-state index is 4.62. The molecule has 0 N–H and O–H groups in total. The first-order valence-corrected chi connectivity index (χ1v) is 5.79. The van der Waals surface area contributed by atoms with Gasteiger partial charge in [0.15, 0.2) is 11.4 Å². The molecule has 0 bridgehead atoms. The Morgan fingerprint density at radius 3 is 3.00 bits per heavy atom. The maximum Gasteiger partial charge on any atom is 0.170 e. The lowest BCUT2D eigenvalue weighted by atomic mass is 10.1. The molecule has 0 fully saturated rings. The van der Waals surface area contributed by atoms with E-state index < -0.39 is 0 Å². The molecule has 0 aliphatic carbocycles. The van der Waals surface area contributed by atoms with E-state index in [0.717, 1.165) is 13.1 Å². The van der Waals surface area contributed by atoms with E-state index in [4.69, 9.17) is 0 Å². The molecule has 1 aliphatic rings. The summed E-state index contributed by atoms with van der Waals surface area (Å²) in [7, 11) is 0. The Labute approximate surface area is 85.7 Å². The molecule has 2 heterocycles. The van der Waals surface area contributed by atoms with Crippen LogP contribution in [0, 0.1) is 6.92 Å². The molecule has 0 aromatic carbocycles. The van der Waals surface area contributed by atoms with Gasteiger partial charge in [0.25, 0.3) is 0 Å². The number of hydrogen-bond acceptors (Lipinski definition) is 1. The summed E-state index contributed by atoms with van der Waals surface area (Å²) in [5.41, 5.74) is 2.85. The van der Waals surface area contributed by atoms with E-state index in [2.05, 4.69) is 28.4 Å². The van der Waals surface area contributed by atoms with Crippen LogP contribution in [0.2, 0.25) is 0 Å². The molecule has 1 aromatic rings. The summed E-state index contributed by atoms with van der Waals surface area (Å²) in [6.07, 6.45) is 6.33. The van der Waals surface area contributed by atoms with Crippen LogP contribution in [0.3, 0.4) is 0 Å². The van der Waals surface area contributed by atoms with Gasteiger partial charge < -0.3 is 0 Å². The predicted molar refractivity (Wildman–Crippen MR) is 55.0 cm³/mol. The molecule has 0 radical (unpaired) electrons. The lowest BCUT2D eigenvalue weighted by Crippen LogP contribution is -2.42. The van der Waals surface area contributed by atoms with Gasteiger partial charge in [-0.1, -0.05) is 13.3 Å². The Morgan fingerprint density at radius 2 is 2.29 bits per heavy atom. The molecule has 3 nitrogen and oxygen atoms in total. The van der Waals surface area contributed by atoms with Crippen molar-refractivity contribution in [1.29, 1.82) is 0 Å². The van der Waals surface area contributed by atoms with Crippen LogP contribution in [-0.4, -0.2) is 9.90 Å². The summed E-state index contributed by atoms with van der Waals surface area (Å²) in [4.78, 5) is 0. The fraction of sp³-hybridized carbons (Fsp3) is 0.818. The smallest absolute Gasteiger partial charge is 0.134 e. The van der Waals surface area contributed by atoms with Gasteiger partial charge in [0.05, 0.1) is 5.21 Å². The van der Waals surface area contributed by atoms with Gasteiger partial charge in [-0.3, -0.25) is 0 Å². The van der Waals surface area contributed by atoms with Crippen LogP contribution < -0.4 is 4.68 Å². The number of nitrogens with zero attached hydrogens (tertiary/aromatic N) is 3. The Morgan fingerprint density at radius 1 is 1.43 bits per heavy atom. The molecular weight excluding hydrogens is 174 g/mol. The van der Waals surface area contributed by atoms with Gasteiger partial charge in [0, 0.05) is 13.3 Å². The average molecular weight is 194 g/mol. The maximum absolute atomic E-state index is 4.62. The van der Waals surface area contributed by atoms with Gasteiger partial charge in [0.2, 0.25) is 0 Å². The lowest BCUT2D eigenvalue weighted by molar-refractivity contribution is -0.766. The minimum atomic E-state index is 1.09. The monoisotopic (exact) mass is 194 g/mol. The van der Waals surface area contributed by atoms with E-state index >= 15 is 0 Å². The summed E-state index contributed by atoms with van der Waals surface area (Å²) in [5, 5.41) is 4.62. The molecule has 1 aromatic heterocycles. The predicted octanol–water partition coefficient (Wildman–Crippen LogP) is 1.62. The average Bonchev–Trinajstić information content (AvgIpc) is 2.54. The van der Waals surface area contributed by atoms with Crippen molar-refractivity contribution in [3.05, 3.63) is 11.4 Å². The highest BCUT2D eigenvalue weighted by Crippen LogP contribution is 2.11. The van der Waals surface area contributed by atoms with Crippen molar-refractivity contribution < 1.29 is 4.68 Å². The van der Waals surface area contributed by atoms with E-state index in [9.17, 15) is 0 Å². The van der Waals surface area contributed by atoms with Crippen molar-refractivity contribution in [3.8, 4) is 0 Å². The molecular formula is C11H20N3+. The van der Waals surface area contributed by atoms with Crippen LogP contribution >= 0.6 is 0 Å². The zero-order valence-electron chi connectivity index (χ0n) is 9.29. The first-order valence-electron chi connectivity index (χ1n) is 5.79. The second-order valence-electron chi connectivity index (χ2n) is 4.18.